The van der Waals surface area contributed by atoms with Crippen molar-refractivity contribution < 1.29 is 9.72 Å². The molecule has 2 aromatic heterocycles. The Hall–Kier alpha value is -3.21. The quantitative estimate of drug-likeness (QED) is 0.299. The summed E-state index contributed by atoms with van der Waals surface area (Å²) < 4.78 is 1.45. The van der Waals surface area contributed by atoms with Gasteiger partial charge in [-0.25, -0.2) is 9.67 Å². The standard InChI is InChI=1S/C17H16N6O4S/c24-14(21-7-1-2-8-21)10-28-17-19-15-13(16(25)20-17)9-18-22(15)11-3-5-12(6-4-11)23(26)27/h3-6,9H,1-2,7-8,10H2,(H,19,20,25). The summed E-state index contributed by atoms with van der Waals surface area (Å²) in [4.78, 5) is 43.8. The lowest BCUT2D eigenvalue weighted by Gasteiger charge is -2.14. The molecule has 1 fully saturated rings. The number of amides is 1. The van der Waals surface area contributed by atoms with Crippen LogP contribution in [0.25, 0.3) is 16.7 Å². The summed E-state index contributed by atoms with van der Waals surface area (Å²) in [5.41, 5.74) is 0.480. The maximum atomic E-state index is 12.3. The van der Waals surface area contributed by atoms with Crippen LogP contribution in [-0.2, 0) is 4.79 Å². The third-order valence-corrected chi connectivity index (χ3v) is 5.37. The minimum Gasteiger partial charge on any atom is -0.342 e. The normalized spacial score (nSPS) is 13.9. The maximum Gasteiger partial charge on any atom is 0.269 e. The Bertz CT molecular complexity index is 1100. The predicted octanol–water partition coefficient (Wildman–Crippen LogP) is 1.73. The molecule has 0 bridgehead atoms. The van der Waals surface area contributed by atoms with E-state index in [0.29, 0.717) is 21.9 Å². The summed E-state index contributed by atoms with van der Waals surface area (Å²) >= 11 is 1.17. The number of nitro groups is 1. The van der Waals surface area contributed by atoms with Gasteiger partial charge >= 0.3 is 0 Å². The zero-order chi connectivity index (χ0) is 19.7. The van der Waals surface area contributed by atoms with E-state index >= 15 is 0 Å². The molecule has 3 heterocycles. The first-order valence-corrected chi connectivity index (χ1v) is 9.65. The third kappa shape index (κ3) is 3.48. The zero-order valence-corrected chi connectivity index (χ0v) is 15.5. The number of hydrogen-bond acceptors (Lipinski definition) is 7. The van der Waals surface area contributed by atoms with E-state index in [9.17, 15) is 19.7 Å². The fourth-order valence-electron chi connectivity index (χ4n) is 3.06. The van der Waals surface area contributed by atoms with Crippen molar-refractivity contribution in [2.24, 2.45) is 0 Å². The molecule has 1 aliphatic rings. The Kier molecular flexibility index (Phi) is 4.82. The van der Waals surface area contributed by atoms with Crippen LogP contribution in [0.1, 0.15) is 12.8 Å². The lowest BCUT2D eigenvalue weighted by Crippen LogP contribution is -2.29. The first-order chi connectivity index (χ1) is 13.5. The Balaban J connectivity index is 1.61. The summed E-state index contributed by atoms with van der Waals surface area (Å²) in [5, 5.41) is 15.6. The van der Waals surface area contributed by atoms with Crippen LogP contribution in [0.15, 0.2) is 40.4 Å². The molecule has 0 saturated carbocycles. The fourth-order valence-corrected chi connectivity index (χ4v) is 3.82. The van der Waals surface area contributed by atoms with E-state index in [1.54, 1.807) is 0 Å². The molecule has 144 valence electrons. The van der Waals surface area contributed by atoms with Crippen molar-refractivity contribution in [1.82, 2.24) is 24.6 Å². The van der Waals surface area contributed by atoms with Crippen molar-refractivity contribution in [3.05, 3.63) is 50.9 Å². The molecule has 28 heavy (non-hydrogen) atoms. The number of hydrogen-bond donors (Lipinski definition) is 1. The van der Waals surface area contributed by atoms with Gasteiger partial charge in [-0.3, -0.25) is 19.7 Å². The first-order valence-electron chi connectivity index (χ1n) is 8.66. The number of nitrogens with one attached hydrogen (secondary N) is 1. The highest BCUT2D eigenvalue weighted by Gasteiger charge is 2.19. The summed E-state index contributed by atoms with van der Waals surface area (Å²) in [6.07, 6.45) is 3.43. The molecule has 0 aliphatic carbocycles. The van der Waals surface area contributed by atoms with Crippen molar-refractivity contribution in [2.45, 2.75) is 18.0 Å². The molecular weight excluding hydrogens is 384 g/mol. The number of carbonyl (C=O) groups excluding carboxylic acids is 1. The second kappa shape index (κ2) is 7.43. The Morgan fingerprint density at radius 2 is 1.96 bits per heavy atom. The van der Waals surface area contributed by atoms with Crippen molar-refractivity contribution >= 4 is 34.4 Å². The van der Waals surface area contributed by atoms with Gasteiger partial charge in [0.2, 0.25) is 5.91 Å². The number of carbonyl (C=O) groups is 1. The number of nitro benzene ring substituents is 1. The second-order valence-electron chi connectivity index (χ2n) is 6.31. The van der Waals surface area contributed by atoms with Crippen molar-refractivity contribution in [3.63, 3.8) is 0 Å². The van der Waals surface area contributed by atoms with Crippen LogP contribution in [0.4, 0.5) is 5.69 Å². The SMILES string of the molecule is O=C(CSc1nc2c(cnn2-c2ccc([N+](=O)[O-])cc2)c(=O)[nH]1)N1CCCC1. The topological polar surface area (TPSA) is 127 Å². The molecule has 3 aromatic rings. The number of likely N-dealkylation sites (tertiary alicyclic amines) is 1. The van der Waals surface area contributed by atoms with Gasteiger partial charge in [0.1, 0.15) is 5.39 Å². The molecule has 0 radical (unpaired) electrons. The summed E-state index contributed by atoms with van der Waals surface area (Å²) in [7, 11) is 0. The molecule has 11 heteroatoms. The van der Waals surface area contributed by atoms with E-state index in [2.05, 4.69) is 15.1 Å². The Labute approximate surface area is 162 Å². The lowest BCUT2D eigenvalue weighted by molar-refractivity contribution is -0.384. The van der Waals surface area contributed by atoms with Crippen molar-refractivity contribution in [1.29, 1.82) is 0 Å². The minimum absolute atomic E-state index is 0.0223. The minimum atomic E-state index is -0.486. The van der Waals surface area contributed by atoms with Crippen LogP contribution in [0.2, 0.25) is 0 Å². The van der Waals surface area contributed by atoms with E-state index in [1.165, 1.54) is 46.9 Å². The molecule has 1 saturated heterocycles. The van der Waals surface area contributed by atoms with Gasteiger partial charge in [-0.1, -0.05) is 11.8 Å². The van der Waals surface area contributed by atoms with Crippen LogP contribution < -0.4 is 5.56 Å². The van der Waals surface area contributed by atoms with Gasteiger partial charge in [0.25, 0.3) is 11.2 Å². The molecule has 0 unspecified atom stereocenters. The number of H-pyrrole nitrogens is 1. The van der Waals surface area contributed by atoms with Crippen LogP contribution >= 0.6 is 11.8 Å². The molecule has 1 aliphatic heterocycles. The van der Waals surface area contributed by atoms with E-state index in [-0.39, 0.29) is 22.9 Å². The maximum absolute atomic E-state index is 12.3. The monoisotopic (exact) mass is 400 g/mol. The van der Waals surface area contributed by atoms with E-state index < -0.39 is 4.92 Å². The van der Waals surface area contributed by atoms with Gasteiger partial charge in [0.15, 0.2) is 10.8 Å². The smallest absolute Gasteiger partial charge is 0.269 e. The van der Waals surface area contributed by atoms with Gasteiger partial charge in [-0.15, -0.1) is 0 Å². The van der Waals surface area contributed by atoms with Crippen molar-refractivity contribution in [3.8, 4) is 5.69 Å². The highest BCUT2D eigenvalue weighted by molar-refractivity contribution is 7.99. The molecular formula is C17H16N6O4S. The van der Waals surface area contributed by atoms with E-state index in [4.69, 9.17) is 0 Å². The number of fused-ring (bicyclic) bond motifs is 1. The van der Waals surface area contributed by atoms with Crippen LogP contribution in [-0.4, -0.2) is 54.3 Å². The van der Waals surface area contributed by atoms with E-state index in [0.717, 1.165) is 25.9 Å². The van der Waals surface area contributed by atoms with E-state index in [1.807, 2.05) is 4.90 Å². The number of rotatable bonds is 5. The molecule has 1 aromatic carbocycles. The number of benzene rings is 1. The number of nitrogens with zero attached hydrogens (tertiary/aromatic N) is 5. The first kappa shape index (κ1) is 18.2. The molecule has 4 rings (SSSR count). The molecule has 0 spiro atoms. The predicted molar refractivity (Wildman–Crippen MR) is 103 cm³/mol. The van der Waals surface area contributed by atoms with Crippen LogP contribution in [0.3, 0.4) is 0 Å². The number of aromatic nitrogens is 4. The summed E-state index contributed by atoms with van der Waals surface area (Å²) in [5.74, 6) is 0.217. The van der Waals surface area contributed by atoms with Crippen LogP contribution in [0.5, 0.6) is 0 Å². The molecule has 1 amide bonds. The average molecular weight is 400 g/mol. The zero-order valence-electron chi connectivity index (χ0n) is 14.7. The molecule has 0 atom stereocenters. The Morgan fingerprint density at radius 3 is 2.64 bits per heavy atom. The number of thioether (sulfide) groups is 1. The van der Waals surface area contributed by atoms with Gasteiger partial charge in [-0.2, -0.15) is 5.10 Å². The molecule has 1 N–H and O–H groups in total. The van der Waals surface area contributed by atoms with Gasteiger partial charge < -0.3 is 9.88 Å². The van der Waals surface area contributed by atoms with Gasteiger partial charge in [0, 0.05) is 25.2 Å². The Morgan fingerprint density at radius 1 is 1.25 bits per heavy atom. The number of non-ortho nitro benzene ring substituents is 1. The van der Waals surface area contributed by atoms with Gasteiger partial charge in [0.05, 0.1) is 22.6 Å². The summed E-state index contributed by atoms with van der Waals surface area (Å²) in [6.45, 7) is 1.55. The highest BCUT2D eigenvalue weighted by atomic mass is 32.2. The van der Waals surface area contributed by atoms with Crippen LogP contribution in [0, 0.1) is 10.1 Å². The lowest BCUT2D eigenvalue weighted by atomic mass is 10.3. The average Bonchev–Trinajstić information content (AvgIpc) is 3.36. The third-order valence-electron chi connectivity index (χ3n) is 4.51. The van der Waals surface area contributed by atoms with Gasteiger partial charge in [-0.05, 0) is 25.0 Å². The van der Waals surface area contributed by atoms with Crippen molar-refractivity contribution in [2.75, 3.05) is 18.8 Å². The molecule has 10 nitrogen and oxygen atoms in total. The summed E-state index contributed by atoms with van der Waals surface area (Å²) in [6, 6.07) is 5.80. The highest BCUT2D eigenvalue weighted by Crippen LogP contribution is 2.20. The fraction of sp³-hybridized carbons (Fsp3) is 0.294. The second-order valence-corrected chi connectivity index (χ2v) is 7.28. The largest absolute Gasteiger partial charge is 0.342 e. The number of aromatic amines is 1.